The van der Waals surface area contributed by atoms with E-state index >= 15 is 0 Å². The molecule has 0 aromatic heterocycles. The van der Waals surface area contributed by atoms with E-state index < -0.39 is 16.1 Å². The third kappa shape index (κ3) is 2.71. The van der Waals surface area contributed by atoms with Gasteiger partial charge in [-0.05, 0) is 12.5 Å². The molecule has 1 aliphatic heterocycles. The first-order valence-corrected chi connectivity index (χ1v) is 11.6. The van der Waals surface area contributed by atoms with Crippen LogP contribution < -0.4 is 0 Å². The smallest absolute Gasteiger partial charge is 0.165 e. The predicted molar refractivity (Wildman–Crippen MR) is 59.7 cm³/mol. The van der Waals surface area contributed by atoms with Crippen LogP contribution >= 0.6 is 0 Å². The monoisotopic (exact) mass is 202 g/mol. The molecule has 0 bridgehead atoms. The highest BCUT2D eigenvalue weighted by molar-refractivity contribution is 7.30. The van der Waals surface area contributed by atoms with E-state index in [9.17, 15) is 0 Å². The second-order valence-corrected chi connectivity index (χ2v) is 17.6. The second kappa shape index (κ2) is 4.58. The van der Waals surface area contributed by atoms with Gasteiger partial charge in [0.05, 0.1) is 7.59 Å². The molecule has 0 aliphatic carbocycles. The maximum Gasteiger partial charge on any atom is 0.165 e. The van der Waals surface area contributed by atoms with E-state index in [-0.39, 0.29) is 0 Å². The van der Waals surface area contributed by atoms with Crippen LogP contribution in [-0.4, -0.2) is 22.8 Å². The largest absolute Gasteiger partial charge is 0.423 e. The van der Waals surface area contributed by atoms with Crippen molar-refractivity contribution in [1.82, 2.24) is 0 Å². The number of hydrogen-bond acceptors (Lipinski definition) is 1. The van der Waals surface area contributed by atoms with E-state index in [0.29, 0.717) is 0 Å². The highest BCUT2D eigenvalue weighted by Crippen LogP contribution is 2.25. The van der Waals surface area contributed by atoms with Gasteiger partial charge in [-0.3, -0.25) is 0 Å². The Bertz CT molecular complexity index is 136. The van der Waals surface area contributed by atoms with E-state index in [1.165, 1.54) is 31.4 Å². The molecule has 1 saturated heterocycles. The van der Waals surface area contributed by atoms with Gasteiger partial charge in [0.2, 0.25) is 0 Å². The first-order valence-electron chi connectivity index (χ1n) is 5.28. The molecule has 0 saturated carbocycles. The molecule has 1 heterocycles. The molecule has 12 heavy (non-hydrogen) atoms. The van der Waals surface area contributed by atoms with Gasteiger partial charge in [-0.2, -0.15) is 0 Å². The zero-order valence-electron chi connectivity index (χ0n) is 8.73. The highest BCUT2D eigenvalue weighted by atomic mass is 29.2. The van der Waals surface area contributed by atoms with Gasteiger partial charge >= 0.3 is 0 Å². The first-order chi connectivity index (χ1) is 5.67. The summed E-state index contributed by atoms with van der Waals surface area (Å²) < 4.78 is 6.00. The van der Waals surface area contributed by atoms with Crippen LogP contribution in [0, 0.1) is 0 Å². The summed E-state index contributed by atoms with van der Waals surface area (Å²) in [6.45, 7) is 8.44. The predicted octanol–water partition coefficient (Wildman–Crippen LogP) is 2.72. The Morgan fingerprint density at radius 2 is 2.17 bits per heavy atom. The summed E-state index contributed by atoms with van der Waals surface area (Å²) in [4.78, 5) is 0. The van der Waals surface area contributed by atoms with Gasteiger partial charge in [0.25, 0.3) is 0 Å². The molecule has 0 spiro atoms. The molecule has 1 fully saturated rings. The molecule has 1 unspecified atom stereocenters. The lowest BCUT2D eigenvalue weighted by molar-refractivity contribution is 0.317. The molecular formula is C9H22OSi2. The average molecular weight is 202 g/mol. The number of rotatable bonds is 3. The van der Waals surface area contributed by atoms with Crippen LogP contribution in [0.5, 0.6) is 0 Å². The number of unbranched alkanes of at least 4 members (excludes halogenated alkanes) is 1. The third-order valence-corrected chi connectivity index (χ3v) is 15.4. The van der Waals surface area contributed by atoms with Gasteiger partial charge in [0.15, 0.2) is 8.56 Å². The minimum atomic E-state index is -0.840. The van der Waals surface area contributed by atoms with Crippen molar-refractivity contribution in [3.63, 3.8) is 0 Å². The standard InChI is InChI=1S/C9H22OSi2/c1-4-5-8-11-10-7-6-9-12(11,2)3/h11H,4-9H2,1-3H3. The van der Waals surface area contributed by atoms with E-state index in [1.807, 2.05) is 0 Å². The molecule has 0 N–H and O–H groups in total. The van der Waals surface area contributed by atoms with Crippen molar-refractivity contribution in [2.45, 2.75) is 51.4 Å². The normalized spacial score (nSPS) is 28.8. The second-order valence-electron chi connectivity index (χ2n) is 4.59. The van der Waals surface area contributed by atoms with Crippen molar-refractivity contribution in [2.24, 2.45) is 0 Å². The van der Waals surface area contributed by atoms with Gasteiger partial charge < -0.3 is 4.43 Å². The lowest BCUT2D eigenvalue weighted by atomic mass is 10.4. The zero-order chi connectivity index (χ0) is 9.03. The Balaban J connectivity index is 2.37. The van der Waals surface area contributed by atoms with Crippen molar-refractivity contribution < 1.29 is 4.43 Å². The Hall–Kier alpha value is 0.394. The van der Waals surface area contributed by atoms with Gasteiger partial charge in [-0.1, -0.05) is 38.9 Å². The van der Waals surface area contributed by atoms with Crippen LogP contribution in [0.2, 0.25) is 25.2 Å². The minimum Gasteiger partial charge on any atom is -0.423 e. The van der Waals surface area contributed by atoms with Gasteiger partial charge in [0, 0.05) is 6.61 Å². The first kappa shape index (κ1) is 10.5. The summed E-state index contributed by atoms with van der Waals surface area (Å²) in [6, 6.07) is 2.99. The molecule has 0 amide bonds. The summed E-state index contributed by atoms with van der Waals surface area (Å²) in [5.74, 6) is 0. The fourth-order valence-corrected chi connectivity index (χ4v) is 12.3. The molecule has 1 nitrogen and oxygen atoms in total. The van der Waals surface area contributed by atoms with Crippen LogP contribution in [-0.2, 0) is 4.43 Å². The van der Waals surface area contributed by atoms with Crippen molar-refractivity contribution in [2.75, 3.05) is 6.61 Å². The van der Waals surface area contributed by atoms with E-state index in [1.54, 1.807) is 0 Å². The molecule has 1 rings (SSSR count). The lowest BCUT2D eigenvalue weighted by Crippen LogP contribution is -2.50. The van der Waals surface area contributed by atoms with Crippen LogP contribution in [0.15, 0.2) is 0 Å². The summed E-state index contributed by atoms with van der Waals surface area (Å²) >= 11 is 0. The maximum atomic E-state index is 6.00. The van der Waals surface area contributed by atoms with Crippen LogP contribution in [0.3, 0.4) is 0 Å². The molecule has 1 aliphatic rings. The van der Waals surface area contributed by atoms with Crippen molar-refractivity contribution in [1.29, 1.82) is 0 Å². The topological polar surface area (TPSA) is 9.23 Å². The molecule has 0 aromatic rings. The Kier molecular flexibility index (Phi) is 4.00. The minimum absolute atomic E-state index is 0.714. The van der Waals surface area contributed by atoms with Crippen LogP contribution in [0.25, 0.3) is 0 Å². The van der Waals surface area contributed by atoms with Gasteiger partial charge in [0.1, 0.15) is 0 Å². The molecule has 1 atom stereocenters. The summed E-state index contributed by atoms with van der Waals surface area (Å²) in [7, 11) is -1.55. The van der Waals surface area contributed by atoms with Crippen molar-refractivity contribution in [3.8, 4) is 0 Å². The third-order valence-electron chi connectivity index (χ3n) is 2.98. The molecule has 72 valence electrons. The fraction of sp³-hybridized carbons (Fsp3) is 1.00. The SMILES string of the molecule is CCCC[SiH]1OCCC[Si]1(C)C. The highest BCUT2D eigenvalue weighted by Gasteiger charge is 2.36. The maximum absolute atomic E-state index is 6.00. The molecular weight excluding hydrogens is 180 g/mol. The van der Waals surface area contributed by atoms with Gasteiger partial charge in [-0.25, -0.2) is 0 Å². The van der Waals surface area contributed by atoms with Gasteiger partial charge in [-0.15, -0.1) is 0 Å². The lowest BCUT2D eigenvalue weighted by Gasteiger charge is -2.35. The summed E-state index contributed by atoms with van der Waals surface area (Å²) in [6.07, 6.45) is 4.10. The Morgan fingerprint density at radius 1 is 1.42 bits per heavy atom. The van der Waals surface area contributed by atoms with E-state index in [0.717, 1.165) is 6.61 Å². The van der Waals surface area contributed by atoms with Crippen LogP contribution in [0.1, 0.15) is 26.2 Å². The van der Waals surface area contributed by atoms with Crippen molar-refractivity contribution >= 4 is 16.1 Å². The average Bonchev–Trinajstić information content (AvgIpc) is 2.02. The quantitative estimate of drug-likeness (QED) is 0.640. The molecule has 0 radical (unpaired) electrons. The summed E-state index contributed by atoms with van der Waals surface area (Å²) in [5.41, 5.74) is 0. The van der Waals surface area contributed by atoms with Crippen LogP contribution in [0.4, 0.5) is 0 Å². The Morgan fingerprint density at radius 3 is 2.75 bits per heavy atom. The summed E-state index contributed by atoms with van der Waals surface area (Å²) in [5, 5.41) is 0. The van der Waals surface area contributed by atoms with E-state index in [4.69, 9.17) is 4.43 Å². The zero-order valence-corrected chi connectivity index (χ0v) is 10.9. The Labute approximate surface area is 79.0 Å². The number of hydrogen-bond donors (Lipinski definition) is 0. The fourth-order valence-electron chi connectivity index (χ4n) is 2.00. The molecule has 3 heteroatoms. The van der Waals surface area contributed by atoms with Crippen molar-refractivity contribution in [3.05, 3.63) is 0 Å². The molecule has 0 aromatic carbocycles. The van der Waals surface area contributed by atoms with E-state index in [2.05, 4.69) is 20.0 Å².